The van der Waals surface area contributed by atoms with Gasteiger partial charge >= 0.3 is 5.97 Å². The summed E-state index contributed by atoms with van der Waals surface area (Å²) in [5.74, 6) is 0.543. The van der Waals surface area contributed by atoms with E-state index in [0.29, 0.717) is 11.8 Å². The Hall–Kier alpha value is -2.10. The van der Waals surface area contributed by atoms with E-state index in [2.05, 4.69) is 4.98 Å². The van der Waals surface area contributed by atoms with Gasteiger partial charge in [0.2, 0.25) is 5.89 Å². The lowest BCUT2D eigenvalue weighted by atomic mass is 10.2. The zero-order valence-corrected chi connectivity index (χ0v) is 10.7. The lowest BCUT2D eigenvalue weighted by Gasteiger charge is -2.09. The molecule has 1 atom stereocenters. The van der Waals surface area contributed by atoms with Crippen LogP contribution in [0.25, 0.3) is 11.5 Å². The first-order valence-electron chi connectivity index (χ1n) is 6.46. The van der Waals surface area contributed by atoms with Crippen LogP contribution in [0.5, 0.6) is 0 Å². The molecule has 0 bridgehead atoms. The van der Waals surface area contributed by atoms with E-state index in [1.807, 2.05) is 37.3 Å². The maximum absolute atomic E-state index is 11.9. The van der Waals surface area contributed by atoms with Crippen LogP contribution >= 0.6 is 0 Å². The van der Waals surface area contributed by atoms with E-state index in [-0.39, 0.29) is 11.8 Å². The Bertz CT molecular complexity index is 572. The van der Waals surface area contributed by atoms with E-state index in [4.69, 9.17) is 9.15 Å². The molecule has 4 nitrogen and oxygen atoms in total. The molecule has 0 radical (unpaired) electrons. The van der Waals surface area contributed by atoms with Crippen molar-refractivity contribution < 1.29 is 13.9 Å². The quantitative estimate of drug-likeness (QED) is 0.788. The first-order valence-corrected chi connectivity index (χ1v) is 6.46. The summed E-state index contributed by atoms with van der Waals surface area (Å²) >= 11 is 0. The zero-order chi connectivity index (χ0) is 13.2. The number of hydrogen-bond donors (Lipinski definition) is 0. The molecular weight excluding hydrogens is 242 g/mol. The van der Waals surface area contributed by atoms with Gasteiger partial charge < -0.3 is 9.15 Å². The summed E-state index contributed by atoms with van der Waals surface area (Å²) in [6.45, 7) is 1.92. The molecule has 1 aromatic carbocycles. The van der Waals surface area contributed by atoms with Gasteiger partial charge in [-0.25, -0.2) is 9.78 Å². The molecule has 1 saturated carbocycles. The van der Waals surface area contributed by atoms with E-state index in [1.54, 1.807) is 0 Å². The summed E-state index contributed by atoms with van der Waals surface area (Å²) in [5, 5.41) is 0. The van der Waals surface area contributed by atoms with Gasteiger partial charge in [-0.1, -0.05) is 18.2 Å². The molecule has 1 aliphatic carbocycles. The largest absolute Gasteiger partial charge is 0.458 e. The molecular formula is C15H15NO3. The monoisotopic (exact) mass is 257 g/mol. The third-order valence-corrected chi connectivity index (χ3v) is 3.31. The highest BCUT2D eigenvalue weighted by molar-refractivity contribution is 5.87. The summed E-state index contributed by atoms with van der Waals surface area (Å²) in [6, 6.07) is 9.47. The summed E-state index contributed by atoms with van der Waals surface area (Å²) in [7, 11) is 0. The van der Waals surface area contributed by atoms with E-state index >= 15 is 0 Å². The molecule has 2 aromatic rings. The van der Waals surface area contributed by atoms with Gasteiger partial charge in [0, 0.05) is 5.56 Å². The number of carbonyl (C=O) groups is 1. The molecule has 0 unspecified atom stereocenters. The number of rotatable bonds is 4. The SMILES string of the molecule is C[C@@H](OC(=O)c1coc(-c2ccccc2)n1)C1CC1. The molecule has 0 N–H and O–H groups in total. The van der Waals surface area contributed by atoms with Gasteiger partial charge in [0.25, 0.3) is 0 Å². The van der Waals surface area contributed by atoms with Crippen LogP contribution in [-0.2, 0) is 4.74 Å². The van der Waals surface area contributed by atoms with Gasteiger partial charge in [-0.3, -0.25) is 0 Å². The normalized spacial score (nSPS) is 16.1. The molecule has 0 saturated heterocycles. The molecule has 0 amide bonds. The lowest BCUT2D eigenvalue weighted by Crippen LogP contribution is -2.17. The predicted molar refractivity (Wildman–Crippen MR) is 69.5 cm³/mol. The van der Waals surface area contributed by atoms with Crippen LogP contribution in [0.4, 0.5) is 0 Å². The number of nitrogens with zero attached hydrogens (tertiary/aromatic N) is 1. The highest BCUT2D eigenvalue weighted by Gasteiger charge is 2.31. The number of hydrogen-bond acceptors (Lipinski definition) is 4. The topological polar surface area (TPSA) is 52.3 Å². The summed E-state index contributed by atoms with van der Waals surface area (Å²) in [6.07, 6.45) is 3.60. The van der Waals surface area contributed by atoms with Crippen molar-refractivity contribution in [3.05, 3.63) is 42.3 Å². The maximum Gasteiger partial charge on any atom is 0.360 e. The number of oxazole rings is 1. The summed E-state index contributed by atoms with van der Waals surface area (Å²) in [5.41, 5.74) is 1.07. The lowest BCUT2D eigenvalue weighted by molar-refractivity contribution is 0.0288. The summed E-state index contributed by atoms with van der Waals surface area (Å²) in [4.78, 5) is 16.1. The Balaban J connectivity index is 1.72. The third-order valence-electron chi connectivity index (χ3n) is 3.31. The highest BCUT2D eigenvalue weighted by atomic mass is 16.5. The smallest absolute Gasteiger partial charge is 0.360 e. The standard InChI is InChI=1S/C15H15NO3/c1-10(11-7-8-11)19-15(17)13-9-18-14(16-13)12-5-3-2-4-6-12/h2-6,9-11H,7-8H2,1H3/t10-/m1/s1. The van der Waals surface area contributed by atoms with Gasteiger partial charge in [-0.2, -0.15) is 0 Å². The minimum Gasteiger partial charge on any atom is -0.458 e. The van der Waals surface area contributed by atoms with Crippen molar-refractivity contribution in [2.24, 2.45) is 5.92 Å². The fourth-order valence-corrected chi connectivity index (χ4v) is 1.97. The van der Waals surface area contributed by atoms with Crippen LogP contribution in [0.3, 0.4) is 0 Å². The van der Waals surface area contributed by atoms with Crippen LogP contribution < -0.4 is 0 Å². The fraction of sp³-hybridized carbons (Fsp3) is 0.333. The molecule has 3 rings (SSSR count). The Kier molecular flexibility index (Phi) is 3.07. The minimum absolute atomic E-state index is 0.0376. The van der Waals surface area contributed by atoms with E-state index in [0.717, 1.165) is 18.4 Å². The number of ether oxygens (including phenoxy) is 1. The Morgan fingerprint density at radius 1 is 1.37 bits per heavy atom. The minimum atomic E-state index is -0.412. The fourth-order valence-electron chi connectivity index (χ4n) is 1.97. The van der Waals surface area contributed by atoms with E-state index in [1.165, 1.54) is 6.26 Å². The maximum atomic E-state index is 11.9. The molecule has 0 spiro atoms. The van der Waals surface area contributed by atoms with Crippen LogP contribution in [-0.4, -0.2) is 17.1 Å². The van der Waals surface area contributed by atoms with Crippen molar-refractivity contribution in [1.82, 2.24) is 4.98 Å². The second-order valence-corrected chi connectivity index (χ2v) is 4.85. The van der Waals surface area contributed by atoms with Crippen LogP contribution in [0.1, 0.15) is 30.3 Å². The second kappa shape index (κ2) is 4.88. The van der Waals surface area contributed by atoms with Gasteiger partial charge in [0.05, 0.1) is 0 Å². The first-order chi connectivity index (χ1) is 9.24. The van der Waals surface area contributed by atoms with E-state index < -0.39 is 5.97 Å². The number of benzene rings is 1. The molecule has 1 fully saturated rings. The average molecular weight is 257 g/mol. The zero-order valence-electron chi connectivity index (χ0n) is 10.7. The molecule has 1 aromatic heterocycles. The highest BCUT2D eigenvalue weighted by Crippen LogP contribution is 2.34. The molecule has 98 valence electrons. The number of carbonyl (C=O) groups excluding carboxylic acids is 1. The molecule has 4 heteroatoms. The Morgan fingerprint density at radius 2 is 2.11 bits per heavy atom. The molecule has 0 aliphatic heterocycles. The molecule has 19 heavy (non-hydrogen) atoms. The predicted octanol–water partition coefficient (Wildman–Crippen LogP) is 3.30. The van der Waals surface area contributed by atoms with Crippen molar-refractivity contribution in [1.29, 1.82) is 0 Å². The van der Waals surface area contributed by atoms with Crippen molar-refractivity contribution >= 4 is 5.97 Å². The van der Waals surface area contributed by atoms with Gasteiger partial charge in [0.1, 0.15) is 12.4 Å². The molecule has 1 heterocycles. The van der Waals surface area contributed by atoms with E-state index in [9.17, 15) is 4.79 Å². The van der Waals surface area contributed by atoms with Crippen molar-refractivity contribution in [2.45, 2.75) is 25.9 Å². The van der Waals surface area contributed by atoms with Gasteiger partial charge in [0.15, 0.2) is 5.69 Å². The van der Waals surface area contributed by atoms with Gasteiger partial charge in [-0.05, 0) is 37.8 Å². The Morgan fingerprint density at radius 3 is 2.79 bits per heavy atom. The van der Waals surface area contributed by atoms with Crippen molar-refractivity contribution in [3.63, 3.8) is 0 Å². The van der Waals surface area contributed by atoms with Crippen LogP contribution in [0, 0.1) is 5.92 Å². The average Bonchev–Trinajstić information content (AvgIpc) is 3.17. The summed E-state index contributed by atoms with van der Waals surface area (Å²) < 4.78 is 10.7. The number of aromatic nitrogens is 1. The van der Waals surface area contributed by atoms with Crippen LogP contribution in [0.2, 0.25) is 0 Å². The van der Waals surface area contributed by atoms with Crippen molar-refractivity contribution in [3.8, 4) is 11.5 Å². The van der Waals surface area contributed by atoms with Gasteiger partial charge in [-0.15, -0.1) is 0 Å². The van der Waals surface area contributed by atoms with Crippen LogP contribution in [0.15, 0.2) is 41.0 Å². The third kappa shape index (κ3) is 2.67. The number of esters is 1. The Labute approximate surface area is 111 Å². The second-order valence-electron chi connectivity index (χ2n) is 4.85. The van der Waals surface area contributed by atoms with Crippen molar-refractivity contribution in [2.75, 3.05) is 0 Å². The first kappa shape index (κ1) is 12.0. The molecule has 1 aliphatic rings.